The lowest BCUT2D eigenvalue weighted by Gasteiger charge is -2.08. The predicted molar refractivity (Wildman–Crippen MR) is 92.4 cm³/mol. The predicted octanol–water partition coefficient (Wildman–Crippen LogP) is 1.84. The van der Waals surface area contributed by atoms with Crippen LogP contribution in [0.15, 0.2) is 48.4 Å². The molecule has 4 heterocycles. The van der Waals surface area contributed by atoms with Crippen molar-refractivity contribution in [1.82, 2.24) is 29.8 Å². The van der Waals surface area contributed by atoms with Crippen LogP contribution in [0.1, 0.15) is 16.1 Å². The third-order valence-corrected chi connectivity index (χ3v) is 4.03. The monoisotopic (exact) mass is 352 g/mol. The second-order valence-electron chi connectivity index (χ2n) is 5.02. The highest BCUT2D eigenvalue weighted by atomic mass is 32.1. The van der Waals surface area contributed by atoms with Crippen LogP contribution in [0, 0.1) is 0 Å². The van der Waals surface area contributed by atoms with Crippen LogP contribution in [0.4, 0.5) is 10.9 Å². The van der Waals surface area contributed by atoms with Gasteiger partial charge in [-0.25, -0.2) is 14.5 Å². The van der Waals surface area contributed by atoms with E-state index in [0.717, 1.165) is 11.3 Å². The van der Waals surface area contributed by atoms with E-state index in [-0.39, 0.29) is 5.91 Å². The average molecular weight is 352 g/mol. The number of carbonyl (C=O) groups is 1. The summed E-state index contributed by atoms with van der Waals surface area (Å²) in [6.45, 7) is 0.532. The third-order valence-electron chi connectivity index (χ3n) is 3.43. The van der Waals surface area contributed by atoms with Gasteiger partial charge in [0.15, 0.2) is 5.65 Å². The number of hydrogen-bond donors (Lipinski definition) is 2. The highest BCUT2D eigenvalue weighted by molar-refractivity contribution is 7.13. The summed E-state index contributed by atoms with van der Waals surface area (Å²) < 4.78 is 1.76. The number of carbonyl (C=O) groups excluding carboxylic acids is 1. The average Bonchev–Trinajstić information content (AvgIpc) is 3.32. The number of amides is 1. The highest BCUT2D eigenvalue weighted by Crippen LogP contribution is 2.12. The smallest absolute Gasteiger partial charge is 0.259 e. The number of nitrogens with one attached hydrogen (secondary N) is 2. The van der Waals surface area contributed by atoms with E-state index in [1.807, 2.05) is 12.1 Å². The summed E-state index contributed by atoms with van der Waals surface area (Å²) in [7, 11) is 0. The molecule has 0 fully saturated rings. The summed E-state index contributed by atoms with van der Waals surface area (Å²) in [5.74, 6) is 0.382. The Morgan fingerprint density at radius 2 is 2.12 bits per heavy atom. The molecular formula is C15H12N8OS. The fourth-order valence-electron chi connectivity index (χ4n) is 2.23. The zero-order valence-corrected chi connectivity index (χ0v) is 13.6. The van der Waals surface area contributed by atoms with E-state index >= 15 is 0 Å². The Bertz CT molecular complexity index is 996. The minimum atomic E-state index is -0.275. The zero-order valence-electron chi connectivity index (χ0n) is 12.8. The summed E-state index contributed by atoms with van der Waals surface area (Å²) >= 11 is 1.26. The molecule has 4 aromatic rings. The van der Waals surface area contributed by atoms with Gasteiger partial charge in [0.05, 0.1) is 24.0 Å². The van der Waals surface area contributed by atoms with Gasteiger partial charge in [0.25, 0.3) is 5.91 Å². The molecule has 0 aliphatic rings. The van der Waals surface area contributed by atoms with Crippen molar-refractivity contribution in [1.29, 1.82) is 0 Å². The lowest BCUT2D eigenvalue weighted by molar-refractivity contribution is 0.102. The summed E-state index contributed by atoms with van der Waals surface area (Å²) in [4.78, 5) is 20.6. The van der Waals surface area contributed by atoms with Crippen molar-refractivity contribution in [3.8, 4) is 0 Å². The number of pyridine rings is 1. The molecule has 0 aliphatic heterocycles. The van der Waals surface area contributed by atoms with E-state index in [2.05, 4.69) is 35.9 Å². The Hall–Kier alpha value is -3.40. The molecule has 0 atom stereocenters. The standard InChI is InChI=1S/C15H12N8OS/c24-14(21-15-22-19-9-25-15)10-1-2-12(17-7-10)18-8-11-3-5-16-13-4-6-20-23(11)13/h1-7,9H,8H2,(H,17,18)(H,21,22,24). The molecule has 9 nitrogen and oxygen atoms in total. The summed E-state index contributed by atoms with van der Waals surface area (Å²) in [6.07, 6.45) is 4.95. The molecule has 0 spiro atoms. The van der Waals surface area contributed by atoms with Crippen molar-refractivity contribution >= 4 is 33.8 Å². The van der Waals surface area contributed by atoms with Gasteiger partial charge in [-0.3, -0.25) is 10.1 Å². The Morgan fingerprint density at radius 3 is 2.92 bits per heavy atom. The van der Waals surface area contributed by atoms with Crippen LogP contribution in [0.5, 0.6) is 0 Å². The van der Waals surface area contributed by atoms with Gasteiger partial charge in [0.1, 0.15) is 11.3 Å². The molecule has 1 amide bonds. The molecule has 2 N–H and O–H groups in total. The molecule has 4 aromatic heterocycles. The zero-order chi connectivity index (χ0) is 17.1. The van der Waals surface area contributed by atoms with E-state index in [1.54, 1.807) is 34.6 Å². The second-order valence-corrected chi connectivity index (χ2v) is 5.85. The Balaban J connectivity index is 1.42. The van der Waals surface area contributed by atoms with E-state index in [0.29, 0.717) is 23.1 Å². The molecule has 0 aliphatic carbocycles. The highest BCUT2D eigenvalue weighted by Gasteiger charge is 2.09. The Kier molecular flexibility index (Phi) is 4.01. The maximum absolute atomic E-state index is 12.1. The van der Waals surface area contributed by atoms with Crippen molar-refractivity contribution in [3.05, 3.63) is 59.6 Å². The largest absolute Gasteiger partial charge is 0.364 e. The van der Waals surface area contributed by atoms with Gasteiger partial charge in [-0.15, -0.1) is 10.2 Å². The topological polar surface area (TPSA) is 110 Å². The summed E-state index contributed by atoms with van der Waals surface area (Å²) in [5.41, 5.74) is 3.74. The summed E-state index contributed by atoms with van der Waals surface area (Å²) in [6, 6.07) is 7.17. The van der Waals surface area contributed by atoms with E-state index in [9.17, 15) is 4.79 Å². The van der Waals surface area contributed by atoms with Crippen molar-refractivity contribution in [2.24, 2.45) is 0 Å². The van der Waals surface area contributed by atoms with Crippen LogP contribution in [0.2, 0.25) is 0 Å². The minimum Gasteiger partial charge on any atom is -0.364 e. The van der Waals surface area contributed by atoms with Crippen molar-refractivity contribution in [3.63, 3.8) is 0 Å². The number of nitrogens with zero attached hydrogens (tertiary/aromatic N) is 6. The molecule has 10 heteroatoms. The molecule has 0 unspecified atom stereocenters. The fraction of sp³-hybridized carbons (Fsp3) is 0.0667. The van der Waals surface area contributed by atoms with E-state index in [4.69, 9.17) is 0 Å². The summed E-state index contributed by atoms with van der Waals surface area (Å²) in [5, 5.41) is 18.0. The molecule has 0 saturated carbocycles. The van der Waals surface area contributed by atoms with Crippen molar-refractivity contribution < 1.29 is 4.79 Å². The SMILES string of the molecule is O=C(Nc1nncs1)c1ccc(NCc2ccnc3ccnn23)nc1. The van der Waals surface area contributed by atoms with Crippen LogP contribution in [-0.4, -0.2) is 35.7 Å². The Morgan fingerprint density at radius 1 is 1.16 bits per heavy atom. The maximum Gasteiger partial charge on any atom is 0.259 e. The molecular weight excluding hydrogens is 340 g/mol. The van der Waals surface area contributed by atoms with Gasteiger partial charge >= 0.3 is 0 Å². The number of aromatic nitrogens is 6. The molecule has 0 saturated heterocycles. The Labute approximate surface area is 145 Å². The van der Waals surface area contributed by atoms with Crippen LogP contribution in [0.3, 0.4) is 0 Å². The molecule has 0 radical (unpaired) electrons. The van der Waals surface area contributed by atoms with Gasteiger partial charge in [-0.2, -0.15) is 5.10 Å². The first-order valence-electron chi connectivity index (χ1n) is 7.35. The third kappa shape index (κ3) is 3.28. The lowest BCUT2D eigenvalue weighted by Crippen LogP contribution is -2.12. The van der Waals surface area contributed by atoms with Crippen molar-refractivity contribution in [2.75, 3.05) is 10.6 Å². The van der Waals surface area contributed by atoms with Gasteiger partial charge in [0, 0.05) is 18.5 Å². The molecule has 25 heavy (non-hydrogen) atoms. The first-order valence-corrected chi connectivity index (χ1v) is 8.22. The van der Waals surface area contributed by atoms with Crippen LogP contribution < -0.4 is 10.6 Å². The number of hydrogen-bond acceptors (Lipinski definition) is 8. The lowest BCUT2D eigenvalue weighted by atomic mass is 10.2. The quantitative estimate of drug-likeness (QED) is 0.564. The first kappa shape index (κ1) is 15.1. The maximum atomic E-state index is 12.1. The number of rotatable bonds is 5. The van der Waals surface area contributed by atoms with Crippen LogP contribution >= 0.6 is 11.3 Å². The number of anilines is 2. The molecule has 0 bridgehead atoms. The molecule has 4 rings (SSSR count). The van der Waals surface area contributed by atoms with Gasteiger partial charge in [-0.05, 0) is 18.2 Å². The van der Waals surface area contributed by atoms with Gasteiger partial charge < -0.3 is 5.32 Å². The second kappa shape index (κ2) is 6.61. The fourth-order valence-corrected chi connectivity index (χ4v) is 2.67. The van der Waals surface area contributed by atoms with Crippen LogP contribution in [-0.2, 0) is 6.54 Å². The van der Waals surface area contributed by atoms with Crippen molar-refractivity contribution in [2.45, 2.75) is 6.54 Å². The van der Waals surface area contributed by atoms with Gasteiger partial charge in [0.2, 0.25) is 5.13 Å². The van der Waals surface area contributed by atoms with E-state index in [1.165, 1.54) is 17.5 Å². The number of fused-ring (bicyclic) bond motifs is 1. The van der Waals surface area contributed by atoms with E-state index < -0.39 is 0 Å². The molecule has 124 valence electrons. The van der Waals surface area contributed by atoms with Gasteiger partial charge in [-0.1, -0.05) is 11.3 Å². The normalized spacial score (nSPS) is 10.7. The molecule has 0 aromatic carbocycles. The van der Waals surface area contributed by atoms with Crippen LogP contribution in [0.25, 0.3) is 5.65 Å². The first-order chi connectivity index (χ1) is 12.3. The minimum absolute atomic E-state index is 0.275.